The molecule has 1 rings (SSSR count). The van der Waals surface area contributed by atoms with Crippen LogP contribution in [0.1, 0.15) is 39.5 Å². The van der Waals surface area contributed by atoms with E-state index in [4.69, 9.17) is 5.26 Å². The maximum Gasteiger partial charge on any atom is 0.322 e. The number of nitrogens with zero attached hydrogens (tertiary/aromatic N) is 1. The highest BCUT2D eigenvalue weighted by Crippen LogP contribution is 2.38. The van der Waals surface area contributed by atoms with Crippen LogP contribution < -0.4 is 5.32 Å². The Kier molecular flexibility index (Phi) is 3.51. The summed E-state index contributed by atoms with van der Waals surface area (Å²) in [5.41, 5.74) is 0.128. The zero-order valence-electron chi connectivity index (χ0n) is 8.97. The Morgan fingerprint density at radius 3 is 2.57 bits per heavy atom. The minimum absolute atomic E-state index is 0.128. The van der Waals surface area contributed by atoms with Gasteiger partial charge in [0.15, 0.2) is 6.07 Å². The van der Waals surface area contributed by atoms with Gasteiger partial charge < -0.3 is 5.32 Å². The zero-order valence-corrected chi connectivity index (χ0v) is 8.97. The molecule has 0 atom stereocenters. The number of nitriles is 1. The average Bonchev–Trinajstić information content (AvgIpc) is 2.67. The van der Waals surface area contributed by atoms with E-state index < -0.39 is 5.91 Å². The van der Waals surface area contributed by atoms with Gasteiger partial charge in [-0.1, -0.05) is 26.7 Å². The molecule has 1 N–H and O–H groups in total. The van der Waals surface area contributed by atoms with Crippen molar-refractivity contribution < 1.29 is 4.79 Å². The first-order chi connectivity index (χ1) is 6.56. The van der Waals surface area contributed by atoms with Gasteiger partial charge in [-0.25, -0.2) is 0 Å². The van der Waals surface area contributed by atoms with Gasteiger partial charge in [-0.2, -0.15) is 5.26 Å². The van der Waals surface area contributed by atoms with Gasteiger partial charge in [0.1, 0.15) is 0 Å². The quantitative estimate of drug-likeness (QED) is 0.697. The topological polar surface area (TPSA) is 52.9 Å². The Hall–Kier alpha value is -1.04. The van der Waals surface area contributed by atoms with Crippen LogP contribution in [-0.2, 0) is 4.79 Å². The molecule has 1 aliphatic carbocycles. The van der Waals surface area contributed by atoms with Crippen molar-refractivity contribution in [2.24, 2.45) is 11.3 Å². The van der Waals surface area contributed by atoms with Gasteiger partial charge in [0.25, 0.3) is 0 Å². The van der Waals surface area contributed by atoms with Crippen molar-refractivity contribution in [3.8, 4) is 6.07 Å². The van der Waals surface area contributed by atoms with Crippen LogP contribution in [0.15, 0.2) is 0 Å². The summed E-state index contributed by atoms with van der Waals surface area (Å²) in [6.45, 7) is 4.95. The summed E-state index contributed by atoms with van der Waals surface area (Å²) in [6, 6.07) is 1.58. The molecular formula is C11H18N2O. The maximum atomic E-state index is 10.8. The molecular weight excluding hydrogens is 176 g/mol. The first kappa shape index (κ1) is 11.0. The van der Waals surface area contributed by atoms with Crippen molar-refractivity contribution in [1.29, 1.82) is 5.26 Å². The van der Waals surface area contributed by atoms with Gasteiger partial charge in [-0.3, -0.25) is 4.79 Å². The summed E-state index contributed by atoms with van der Waals surface area (Å²) in [7, 11) is 0. The van der Waals surface area contributed by atoms with E-state index in [0.717, 1.165) is 0 Å². The molecule has 0 aromatic carbocycles. The van der Waals surface area contributed by atoms with Gasteiger partial charge >= 0.3 is 5.91 Å². The van der Waals surface area contributed by atoms with E-state index in [2.05, 4.69) is 19.2 Å². The molecule has 0 aromatic heterocycles. The highest BCUT2D eigenvalue weighted by molar-refractivity contribution is 5.91. The lowest BCUT2D eigenvalue weighted by Crippen LogP contribution is -2.37. The van der Waals surface area contributed by atoms with Crippen molar-refractivity contribution in [3.05, 3.63) is 0 Å². The smallest absolute Gasteiger partial charge is 0.322 e. The SMILES string of the molecule is CC(C)(CNC(=O)C#N)C1CCCC1. The molecule has 0 bridgehead atoms. The molecule has 3 nitrogen and oxygen atoms in total. The molecule has 1 aliphatic rings. The lowest BCUT2D eigenvalue weighted by atomic mass is 9.78. The molecule has 0 saturated heterocycles. The van der Waals surface area contributed by atoms with E-state index in [1.54, 1.807) is 6.07 Å². The Bertz CT molecular complexity index is 247. The van der Waals surface area contributed by atoms with E-state index in [9.17, 15) is 4.79 Å². The molecule has 1 amide bonds. The van der Waals surface area contributed by atoms with Crippen LogP contribution in [0.4, 0.5) is 0 Å². The van der Waals surface area contributed by atoms with Gasteiger partial charge in [0, 0.05) is 6.54 Å². The fourth-order valence-corrected chi connectivity index (χ4v) is 2.20. The largest absolute Gasteiger partial charge is 0.343 e. The minimum atomic E-state index is -0.518. The second-order valence-corrected chi connectivity index (χ2v) is 4.76. The summed E-state index contributed by atoms with van der Waals surface area (Å²) in [6.07, 6.45) is 5.13. The van der Waals surface area contributed by atoms with E-state index in [-0.39, 0.29) is 5.41 Å². The Morgan fingerprint density at radius 1 is 1.50 bits per heavy atom. The van der Waals surface area contributed by atoms with Crippen molar-refractivity contribution in [3.63, 3.8) is 0 Å². The Balaban J connectivity index is 2.41. The van der Waals surface area contributed by atoms with E-state index in [1.807, 2.05) is 0 Å². The predicted molar refractivity (Wildman–Crippen MR) is 54.4 cm³/mol. The lowest BCUT2D eigenvalue weighted by Gasteiger charge is -2.31. The summed E-state index contributed by atoms with van der Waals surface area (Å²) < 4.78 is 0. The molecule has 78 valence electrons. The first-order valence-corrected chi connectivity index (χ1v) is 5.24. The molecule has 1 saturated carbocycles. The summed E-state index contributed by atoms with van der Waals surface area (Å²) >= 11 is 0. The van der Waals surface area contributed by atoms with Crippen molar-refractivity contribution in [2.45, 2.75) is 39.5 Å². The first-order valence-electron chi connectivity index (χ1n) is 5.24. The molecule has 14 heavy (non-hydrogen) atoms. The number of carbonyl (C=O) groups excluding carboxylic acids is 1. The number of amides is 1. The fraction of sp³-hybridized carbons (Fsp3) is 0.818. The van der Waals surface area contributed by atoms with Crippen LogP contribution in [0, 0.1) is 22.7 Å². The third-order valence-corrected chi connectivity index (χ3v) is 3.27. The van der Waals surface area contributed by atoms with Gasteiger partial charge in [-0.05, 0) is 24.2 Å². The van der Waals surface area contributed by atoms with Crippen molar-refractivity contribution >= 4 is 5.91 Å². The standard InChI is InChI=1S/C11H18N2O/c1-11(2,8-13-10(14)7-12)9-5-3-4-6-9/h9H,3-6,8H2,1-2H3,(H,13,14). The predicted octanol–water partition coefficient (Wildman–Crippen LogP) is 1.84. The molecule has 0 aliphatic heterocycles. The Labute approximate surface area is 85.5 Å². The molecule has 0 radical (unpaired) electrons. The second-order valence-electron chi connectivity index (χ2n) is 4.76. The van der Waals surface area contributed by atoms with Gasteiger partial charge in [0.2, 0.25) is 0 Å². The van der Waals surface area contributed by atoms with Gasteiger partial charge in [0.05, 0.1) is 0 Å². The fourth-order valence-electron chi connectivity index (χ4n) is 2.20. The number of hydrogen-bond acceptors (Lipinski definition) is 2. The van der Waals surface area contributed by atoms with Crippen molar-refractivity contribution in [1.82, 2.24) is 5.32 Å². The molecule has 0 unspecified atom stereocenters. The number of carbonyl (C=O) groups is 1. The third kappa shape index (κ3) is 2.73. The van der Waals surface area contributed by atoms with E-state index in [1.165, 1.54) is 25.7 Å². The monoisotopic (exact) mass is 194 g/mol. The summed E-state index contributed by atoms with van der Waals surface area (Å²) in [5.74, 6) is 0.178. The highest BCUT2D eigenvalue weighted by atomic mass is 16.1. The lowest BCUT2D eigenvalue weighted by molar-refractivity contribution is -0.116. The number of nitrogens with one attached hydrogen (secondary N) is 1. The molecule has 0 aromatic rings. The molecule has 0 spiro atoms. The summed E-state index contributed by atoms with van der Waals surface area (Å²) in [5, 5.41) is 11.0. The minimum Gasteiger partial charge on any atom is -0.343 e. The van der Waals surface area contributed by atoms with Crippen LogP contribution in [0.3, 0.4) is 0 Å². The van der Waals surface area contributed by atoms with Crippen LogP contribution in [0.25, 0.3) is 0 Å². The normalized spacial score (nSPS) is 17.8. The number of rotatable bonds is 3. The van der Waals surface area contributed by atoms with Crippen LogP contribution in [0.2, 0.25) is 0 Å². The van der Waals surface area contributed by atoms with Crippen LogP contribution in [-0.4, -0.2) is 12.5 Å². The van der Waals surface area contributed by atoms with E-state index in [0.29, 0.717) is 12.5 Å². The van der Waals surface area contributed by atoms with Gasteiger partial charge in [-0.15, -0.1) is 0 Å². The molecule has 3 heteroatoms. The highest BCUT2D eigenvalue weighted by Gasteiger charge is 2.31. The average molecular weight is 194 g/mol. The van der Waals surface area contributed by atoms with Crippen LogP contribution >= 0.6 is 0 Å². The Morgan fingerprint density at radius 2 is 2.07 bits per heavy atom. The third-order valence-electron chi connectivity index (χ3n) is 3.27. The second kappa shape index (κ2) is 4.45. The van der Waals surface area contributed by atoms with Crippen molar-refractivity contribution in [2.75, 3.05) is 6.54 Å². The summed E-state index contributed by atoms with van der Waals surface area (Å²) in [4.78, 5) is 10.8. The van der Waals surface area contributed by atoms with E-state index >= 15 is 0 Å². The maximum absolute atomic E-state index is 10.8. The molecule has 0 heterocycles. The molecule has 1 fully saturated rings. The number of hydrogen-bond donors (Lipinski definition) is 1. The van der Waals surface area contributed by atoms with Crippen LogP contribution in [0.5, 0.6) is 0 Å². The zero-order chi connectivity index (χ0) is 10.6.